The molecule has 0 saturated carbocycles. The second kappa shape index (κ2) is 6.27. The number of hydrogen-bond acceptors (Lipinski definition) is 3. The van der Waals surface area contributed by atoms with Crippen LogP contribution < -0.4 is 4.74 Å². The number of ether oxygens (including phenoxy) is 1. The summed E-state index contributed by atoms with van der Waals surface area (Å²) in [5.74, 6) is 1.31. The van der Waals surface area contributed by atoms with E-state index in [-0.39, 0.29) is 0 Å². The zero-order chi connectivity index (χ0) is 14.7. The highest BCUT2D eigenvalue weighted by molar-refractivity contribution is 5.34. The van der Waals surface area contributed by atoms with Gasteiger partial charge in [0.25, 0.3) is 0 Å². The van der Waals surface area contributed by atoms with E-state index in [0.29, 0.717) is 5.92 Å². The third-order valence-electron chi connectivity index (χ3n) is 4.17. The van der Waals surface area contributed by atoms with Crippen molar-refractivity contribution in [2.45, 2.75) is 25.8 Å². The molecular weight excluding hydrogens is 260 g/mol. The van der Waals surface area contributed by atoms with Gasteiger partial charge in [0, 0.05) is 30.8 Å². The Hall–Kier alpha value is -1.87. The van der Waals surface area contributed by atoms with Crippen molar-refractivity contribution in [1.82, 2.24) is 9.88 Å². The van der Waals surface area contributed by atoms with Crippen LogP contribution in [0.1, 0.15) is 29.0 Å². The molecule has 1 saturated heterocycles. The summed E-state index contributed by atoms with van der Waals surface area (Å²) in [5.41, 5.74) is 3.84. The number of benzene rings is 1. The Morgan fingerprint density at radius 1 is 1.29 bits per heavy atom. The molecule has 3 heteroatoms. The van der Waals surface area contributed by atoms with Crippen molar-refractivity contribution >= 4 is 0 Å². The first-order valence-electron chi connectivity index (χ1n) is 7.53. The van der Waals surface area contributed by atoms with E-state index in [9.17, 15) is 0 Å². The van der Waals surface area contributed by atoms with E-state index in [1.54, 1.807) is 7.11 Å². The van der Waals surface area contributed by atoms with Crippen LogP contribution in [0.15, 0.2) is 42.6 Å². The van der Waals surface area contributed by atoms with E-state index in [1.165, 1.54) is 23.1 Å². The molecule has 0 unspecified atom stereocenters. The van der Waals surface area contributed by atoms with Crippen molar-refractivity contribution in [1.29, 1.82) is 0 Å². The van der Waals surface area contributed by atoms with Crippen molar-refractivity contribution in [3.8, 4) is 5.88 Å². The molecule has 1 aromatic carbocycles. The second-order valence-electron chi connectivity index (χ2n) is 5.82. The van der Waals surface area contributed by atoms with Gasteiger partial charge >= 0.3 is 0 Å². The molecular formula is C18H22N2O. The van der Waals surface area contributed by atoms with Crippen molar-refractivity contribution in [2.75, 3.05) is 20.2 Å². The molecule has 0 spiro atoms. The van der Waals surface area contributed by atoms with Crippen molar-refractivity contribution < 1.29 is 4.74 Å². The smallest absolute Gasteiger partial charge is 0.216 e. The highest BCUT2D eigenvalue weighted by atomic mass is 16.5. The molecule has 0 bridgehead atoms. The van der Waals surface area contributed by atoms with Crippen molar-refractivity contribution in [2.24, 2.45) is 0 Å². The first kappa shape index (κ1) is 14.1. The van der Waals surface area contributed by atoms with Gasteiger partial charge in [-0.05, 0) is 37.1 Å². The third kappa shape index (κ3) is 3.24. The Labute approximate surface area is 126 Å². The van der Waals surface area contributed by atoms with E-state index in [0.717, 1.165) is 25.5 Å². The fraction of sp³-hybridized carbons (Fsp3) is 0.389. The predicted octanol–water partition coefficient (Wildman–Crippen LogP) is 3.39. The number of methoxy groups -OCH3 is 1. The van der Waals surface area contributed by atoms with Gasteiger partial charge < -0.3 is 4.74 Å². The van der Waals surface area contributed by atoms with Crippen LogP contribution in [0.3, 0.4) is 0 Å². The lowest BCUT2D eigenvalue weighted by molar-refractivity contribution is 0.325. The van der Waals surface area contributed by atoms with E-state index in [1.807, 2.05) is 6.20 Å². The Balaban J connectivity index is 1.71. The number of likely N-dealkylation sites (tertiary alicyclic amines) is 1. The summed E-state index contributed by atoms with van der Waals surface area (Å²) in [7, 11) is 1.71. The molecule has 3 nitrogen and oxygen atoms in total. The summed E-state index contributed by atoms with van der Waals surface area (Å²) in [6.45, 7) is 5.33. The van der Waals surface area contributed by atoms with E-state index < -0.39 is 0 Å². The minimum Gasteiger partial charge on any atom is -0.481 e. The van der Waals surface area contributed by atoms with Gasteiger partial charge in [-0.15, -0.1) is 0 Å². The molecule has 2 heterocycles. The molecule has 1 fully saturated rings. The normalized spacial score (nSPS) is 18.9. The first-order chi connectivity index (χ1) is 10.3. The van der Waals surface area contributed by atoms with Crippen LogP contribution >= 0.6 is 0 Å². The van der Waals surface area contributed by atoms with Gasteiger partial charge in [0.05, 0.1) is 7.11 Å². The predicted molar refractivity (Wildman–Crippen MR) is 84.6 cm³/mol. The van der Waals surface area contributed by atoms with E-state index >= 15 is 0 Å². The first-order valence-corrected chi connectivity index (χ1v) is 7.53. The molecule has 0 amide bonds. The van der Waals surface area contributed by atoms with Crippen LogP contribution in [0.2, 0.25) is 0 Å². The number of aromatic nitrogens is 1. The fourth-order valence-electron chi connectivity index (χ4n) is 3.11. The molecule has 0 aliphatic carbocycles. The Morgan fingerprint density at radius 2 is 2.10 bits per heavy atom. The SMILES string of the molecule is COc1ncc(C)cc1[C@H]1CCN(Cc2ccccc2)C1. The molecule has 1 aliphatic rings. The standard InChI is InChI=1S/C18H22N2O/c1-14-10-17(18(21-2)19-11-14)16-8-9-20(13-16)12-15-6-4-3-5-7-15/h3-7,10-11,16H,8-9,12-13H2,1-2H3/t16-/m0/s1. The molecule has 2 aromatic rings. The van der Waals surface area contributed by atoms with Crippen LogP contribution in [-0.4, -0.2) is 30.1 Å². The summed E-state index contributed by atoms with van der Waals surface area (Å²) in [4.78, 5) is 6.93. The number of hydrogen-bond donors (Lipinski definition) is 0. The van der Waals surface area contributed by atoms with Gasteiger partial charge in [-0.1, -0.05) is 30.3 Å². The van der Waals surface area contributed by atoms with E-state index in [4.69, 9.17) is 4.74 Å². The zero-order valence-corrected chi connectivity index (χ0v) is 12.7. The third-order valence-corrected chi connectivity index (χ3v) is 4.17. The molecule has 1 atom stereocenters. The van der Waals surface area contributed by atoms with Gasteiger partial charge in [-0.25, -0.2) is 4.98 Å². The van der Waals surface area contributed by atoms with Crippen LogP contribution in [-0.2, 0) is 6.54 Å². The van der Waals surface area contributed by atoms with Crippen molar-refractivity contribution in [3.63, 3.8) is 0 Å². The molecule has 0 radical (unpaired) electrons. The van der Waals surface area contributed by atoms with Gasteiger partial charge in [0.2, 0.25) is 5.88 Å². The van der Waals surface area contributed by atoms with Crippen LogP contribution in [0, 0.1) is 6.92 Å². The summed E-state index contributed by atoms with van der Waals surface area (Å²) < 4.78 is 5.44. The highest BCUT2D eigenvalue weighted by Gasteiger charge is 2.26. The van der Waals surface area contributed by atoms with Gasteiger partial charge in [0.1, 0.15) is 0 Å². The second-order valence-corrected chi connectivity index (χ2v) is 5.82. The van der Waals surface area contributed by atoms with Crippen LogP contribution in [0.5, 0.6) is 5.88 Å². The maximum absolute atomic E-state index is 5.44. The molecule has 1 aliphatic heterocycles. The summed E-state index contributed by atoms with van der Waals surface area (Å²) in [5, 5.41) is 0. The minimum absolute atomic E-state index is 0.524. The van der Waals surface area contributed by atoms with Gasteiger partial charge in [0.15, 0.2) is 0 Å². The maximum Gasteiger partial charge on any atom is 0.216 e. The highest BCUT2D eigenvalue weighted by Crippen LogP contribution is 2.33. The lowest BCUT2D eigenvalue weighted by Gasteiger charge is -2.17. The molecule has 3 rings (SSSR count). The largest absolute Gasteiger partial charge is 0.481 e. The number of rotatable bonds is 4. The number of nitrogens with zero attached hydrogens (tertiary/aromatic N) is 2. The van der Waals surface area contributed by atoms with Crippen molar-refractivity contribution in [3.05, 3.63) is 59.3 Å². The summed E-state index contributed by atoms with van der Waals surface area (Å²) in [6, 6.07) is 12.9. The van der Waals surface area contributed by atoms with Gasteiger partial charge in [-0.3, -0.25) is 4.90 Å². The Bertz CT molecular complexity index is 597. The fourth-order valence-corrected chi connectivity index (χ4v) is 3.11. The number of pyridine rings is 1. The zero-order valence-electron chi connectivity index (χ0n) is 12.7. The molecule has 1 aromatic heterocycles. The topological polar surface area (TPSA) is 25.4 Å². The van der Waals surface area contributed by atoms with Crippen LogP contribution in [0.25, 0.3) is 0 Å². The Morgan fingerprint density at radius 3 is 2.86 bits per heavy atom. The minimum atomic E-state index is 0.524. The molecule has 110 valence electrons. The van der Waals surface area contributed by atoms with E-state index in [2.05, 4.69) is 53.2 Å². The average Bonchev–Trinajstić information content (AvgIpc) is 2.96. The lowest BCUT2D eigenvalue weighted by atomic mass is 9.98. The summed E-state index contributed by atoms with van der Waals surface area (Å²) >= 11 is 0. The summed E-state index contributed by atoms with van der Waals surface area (Å²) in [6.07, 6.45) is 3.05. The Kier molecular flexibility index (Phi) is 4.20. The number of aryl methyl sites for hydroxylation is 1. The molecule has 21 heavy (non-hydrogen) atoms. The van der Waals surface area contributed by atoms with Gasteiger partial charge in [-0.2, -0.15) is 0 Å². The average molecular weight is 282 g/mol. The quantitative estimate of drug-likeness (QED) is 0.859. The molecule has 0 N–H and O–H groups in total. The monoisotopic (exact) mass is 282 g/mol. The maximum atomic E-state index is 5.44. The van der Waals surface area contributed by atoms with Crippen LogP contribution in [0.4, 0.5) is 0 Å². The lowest BCUT2D eigenvalue weighted by Crippen LogP contribution is -2.19.